The van der Waals surface area contributed by atoms with Gasteiger partial charge in [0.25, 0.3) is 0 Å². The van der Waals surface area contributed by atoms with Crippen molar-refractivity contribution in [3.05, 3.63) is 35.9 Å². The first kappa shape index (κ1) is 33.0. The van der Waals surface area contributed by atoms with Gasteiger partial charge in [-0.15, -0.1) is 0 Å². The second kappa shape index (κ2) is 17.5. The fourth-order valence-corrected chi connectivity index (χ4v) is 7.21. The summed E-state index contributed by atoms with van der Waals surface area (Å²) in [5.41, 5.74) is 1.15. The predicted molar refractivity (Wildman–Crippen MR) is 153 cm³/mol. The Morgan fingerprint density at radius 2 is 1.79 bits per heavy atom. The Kier molecular flexibility index (Phi) is 15.1. The zero-order chi connectivity index (χ0) is 28.0. The lowest BCUT2D eigenvalue weighted by Crippen LogP contribution is -2.52. The van der Waals surface area contributed by atoms with Crippen LogP contribution in [0.2, 0.25) is 0 Å². The standard InChI is InChI=1S/C30H52NO6P/c1-5-14-28(37-38(35,36-6-2)20-13-19-24-15-9-7-10-16-24)30(34)31-26(22-25-17-11-8-12-18-25)29(33)27(32)21-23(3)4/h7,9-10,15-16,23,25-29,32-33H,5-6,8,11-14,17-22H2,1-4H3,(H,31,34)/t26-,27-,28-,29+,38?/m0/s1. The first-order valence-electron chi connectivity index (χ1n) is 14.8. The van der Waals surface area contributed by atoms with Gasteiger partial charge in [0.15, 0.2) is 0 Å². The molecular formula is C30H52NO6P. The summed E-state index contributed by atoms with van der Waals surface area (Å²) in [6.45, 7) is 7.95. The van der Waals surface area contributed by atoms with Crippen molar-refractivity contribution < 1.29 is 28.6 Å². The fraction of sp³-hybridized carbons (Fsp3) is 0.767. The number of benzene rings is 1. The van der Waals surface area contributed by atoms with E-state index < -0.39 is 37.9 Å². The van der Waals surface area contributed by atoms with Crippen molar-refractivity contribution >= 4 is 13.5 Å². The second-order valence-corrected chi connectivity index (χ2v) is 13.4. The number of aliphatic hydroxyl groups excluding tert-OH is 2. The zero-order valence-electron chi connectivity index (χ0n) is 24.0. The minimum absolute atomic E-state index is 0.217. The summed E-state index contributed by atoms with van der Waals surface area (Å²) in [7, 11) is -3.51. The van der Waals surface area contributed by atoms with Crippen molar-refractivity contribution in [2.45, 2.75) is 123 Å². The number of carbonyl (C=O) groups excluding carboxylic acids is 1. The molecule has 7 nitrogen and oxygen atoms in total. The molecule has 0 aromatic heterocycles. The van der Waals surface area contributed by atoms with Crippen LogP contribution in [-0.2, 0) is 24.8 Å². The van der Waals surface area contributed by atoms with Crippen LogP contribution in [0.25, 0.3) is 0 Å². The van der Waals surface area contributed by atoms with Gasteiger partial charge in [-0.1, -0.05) is 89.6 Å². The van der Waals surface area contributed by atoms with Crippen LogP contribution in [0.3, 0.4) is 0 Å². The normalized spacial score (nSPS) is 19.4. The molecule has 2 rings (SSSR count). The molecule has 0 spiro atoms. The minimum atomic E-state index is -3.51. The van der Waals surface area contributed by atoms with E-state index in [0.29, 0.717) is 38.0 Å². The van der Waals surface area contributed by atoms with Crippen LogP contribution in [0.5, 0.6) is 0 Å². The highest BCUT2D eigenvalue weighted by molar-refractivity contribution is 7.53. The number of amides is 1. The maximum atomic E-state index is 13.6. The van der Waals surface area contributed by atoms with Gasteiger partial charge in [0.05, 0.1) is 24.9 Å². The van der Waals surface area contributed by atoms with Crippen molar-refractivity contribution in [3.8, 4) is 0 Å². The SMILES string of the molecule is CCC[C@H](OP(=O)(CCCc1ccccc1)OCC)C(=O)N[C@@H](CC1CCCCC1)[C@@H](O)[C@@H](O)CC(C)C. The van der Waals surface area contributed by atoms with E-state index in [1.165, 1.54) is 6.42 Å². The first-order chi connectivity index (χ1) is 18.2. The smallest absolute Gasteiger partial charge is 0.331 e. The van der Waals surface area contributed by atoms with Gasteiger partial charge in [-0.2, -0.15) is 0 Å². The highest BCUT2D eigenvalue weighted by Gasteiger charge is 2.36. The van der Waals surface area contributed by atoms with Crippen LogP contribution in [0.15, 0.2) is 30.3 Å². The second-order valence-electron chi connectivity index (χ2n) is 11.3. The lowest BCUT2D eigenvalue weighted by molar-refractivity contribution is -0.131. The molecule has 0 heterocycles. The summed E-state index contributed by atoms with van der Waals surface area (Å²) in [5, 5.41) is 24.8. The van der Waals surface area contributed by atoms with Crippen LogP contribution >= 0.6 is 7.60 Å². The lowest BCUT2D eigenvalue weighted by Gasteiger charge is -2.34. The lowest BCUT2D eigenvalue weighted by atomic mass is 9.82. The Morgan fingerprint density at radius 3 is 2.39 bits per heavy atom. The summed E-state index contributed by atoms with van der Waals surface area (Å²) in [5.74, 6) is 0.217. The molecule has 0 radical (unpaired) electrons. The monoisotopic (exact) mass is 553 g/mol. The van der Waals surface area contributed by atoms with E-state index in [9.17, 15) is 19.6 Å². The Balaban J connectivity index is 2.11. The number of aryl methyl sites for hydroxylation is 1. The summed E-state index contributed by atoms with van der Waals surface area (Å²) in [4.78, 5) is 13.5. The van der Waals surface area contributed by atoms with Crippen molar-refractivity contribution in [1.82, 2.24) is 5.32 Å². The highest BCUT2D eigenvalue weighted by Crippen LogP contribution is 2.50. The van der Waals surface area contributed by atoms with Crippen molar-refractivity contribution in [1.29, 1.82) is 0 Å². The summed E-state index contributed by atoms with van der Waals surface area (Å²) in [6, 6.07) is 9.40. The molecule has 218 valence electrons. The quantitative estimate of drug-likeness (QED) is 0.185. The zero-order valence-corrected chi connectivity index (χ0v) is 24.9. The topological polar surface area (TPSA) is 105 Å². The van der Waals surface area contributed by atoms with Gasteiger partial charge in [-0.25, -0.2) is 0 Å². The molecule has 0 bridgehead atoms. The number of hydrogen-bond donors (Lipinski definition) is 3. The molecule has 5 atom stereocenters. The van der Waals surface area contributed by atoms with Gasteiger partial charge in [0.1, 0.15) is 12.2 Å². The molecule has 1 aromatic rings. The van der Waals surface area contributed by atoms with E-state index in [1.807, 2.05) is 51.1 Å². The van der Waals surface area contributed by atoms with E-state index in [2.05, 4.69) is 5.32 Å². The van der Waals surface area contributed by atoms with Crippen molar-refractivity contribution in [2.24, 2.45) is 11.8 Å². The Bertz CT molecular complexity index is 829. The average Bonchev–Trinajstić information content (AvgIpc) is 2.88. The number of hydrogen-bond acceptors (Lipinski definition) is 6. The van der Waals surface area contributed by atoms with Crippen molar-refractivity contribution in [2.75, 3.05) is 12.8 Å². The van der Waals surface area contributed by atoms with Crippen LogP contribution in [0, 0.1) is 11.8 Å². The Morgan fingerprint density at radius 1 is 1.11 bits per heavy atom. The van der Waals surface area contributed by atoms with E-state index >= 15 is 0 Å². The molecule has 38 heavy (non-hydrogen) atoms. The molecule has 1 amide bonds. The van der Waals surface area contributed by atoms with Crippen LogP contribution in [0.4, 0.5) is 0 Å². The fourth-order valence-electron chi connectivity index (χ4n) is 5.39. The van der Waals surface area contributed by atoms with E-state index in [0.717, 1.165) is 37.7 Å². The molecule has 0 aliphatic heterocycles. The van der Waals surface area contributed by atoms with E-state index in [4.69, 9.17) is 9.05 Å². The molecule has 1 fully saturated rings. The summed E-state index contributed by atoms with van der Waals surface area (Å²) in [6.07, 6.45) is 6.41. The molecule has 3 N–H and O–H groups in total. The molecule has 8 heteroatoms. The minimum Gasteiger partial charge on any atom is -0.390 e. The average molecular weight is 554 g/mol. The third-order valence-corrected chi connectivity index (χ3v) is 9.45. The third-order valence-electron chi connectivity index (χ3n) is 7.36. The summed E-state index contributed by atoms with van der Waals surface area (Å²) < 4.78 is 25.3. The van der Waals surface area contributed by atoms with Crippen molar-refractivity contribution in [3.63, 3.8) is 0 Å². The number of carbonyl (C=O) groups is 1. The molecule has 1 unspecified atom stereocenters. The number of aliphatic hydroxyl groups is 2. The van der Waals surface area contributed by atoms with Gasteiger partial charge < -0.3 is 20.1 Å². The molecule has 1 aliphatic rings. The Labute approximate surface area is 230 Å². The first-order valence-corrected chi connectivity index (χ1v) is 16.5. The van der Waals surface area contributed by atoms with E-state index in [1.54, 1.807) is 6.92 Å². The van der Waals surface area contributed by atoms with Gasteiger partial charge in [-0.3, -0.25) is 13.9 Å². The number of nitrogens with one attached hydrogen (secondary N) is 1. The van der Waals surface area contributed by atoms with Crippen LogP contribution in [-0.4, -0.2) is 53.2 Å². The number of rotatable bonds is 18. The molecule has 0 saturated heterocycles. The molecule has 1 aliphatic carbocycles. The maximum Gasteiger partial charge on any atom is 0.331 e. The van der Waals surface area contributed by atoms with Gasteiger partial charge in [0, 0.05) is 0 Å². The maximum absolute atomic E-state index is 13.6. The van der Waals surface area contributed by atoms with E-state index in [-0.39, 0.29) is 18.7 Å². The van der Waals surface area contributed by atoms with Crippen LogP contribution < -0.4 is 5.32 Å². The Hall–Kier alpha value is -1.24. The van der Waals surface area contributed by atoms with Crippen LogP contribution in [0.1, 0.15) is 97.5 Å². The highest BCUT2D eigenvalue weighted by atomic mass is 31.2. The predicted octanol–water partition coefficient (Wildman–Crippen LogP) is 6.26. The third kappa shape index (κ3) is 11.9. The van der Waals surface area contributed by atoms with Gasteiger partial charge >= 0.3 is 7.60 Å². The van der Waals surface area contributed by atoms with Gasteiger partial charge in [0.2, 0.25) is 5.91 Å². The van der Waals surface area contributed by atoms with Gasteiger partial charge in [-0.05, 0) is 56.4 Å². The summed E-state index contributed by atoms with van der Waals surface area (Å²) >= 11 is 0. The molecule has 1 saturated carbocycles. The largest absolute Gasteiger partial charge is 0.390 e. The molecule has 1 aromatic carbocycles. The molecular weight excluding hydrogens is 501 g/mol.